The van der Waals surface area contributed by atoms with E-state index in [9.17, 15) is 9.59 Å². The predicted octanol–water partition coefficient (Wildman–Crippen LogP) is -0.213. The molecule has 0 radical (unpaired) electrons. The van der Waals surface area contributed by atoms with Gasteiger partial charge in [-0.1, -0.05) is 0 Å². The Hall–Kier alpha value is -0.750. The summed E-state index contributed by atoms with van der Waals surface area (Å²) in [6.45, 7) is 0.674. The summed E-state index contributed by atoms with van der Waals surface area (Å²) in [5.41, 5.74) is 0. The van der Waals surface area contributed by atoms with Crippen LogP contribution in [-0.4, -0.2) is 57.7 Å². The fourth-order valence-electron chi connectivity index (χ4n) is 1.66. The van der Waals surface area contributed by atoms with Gasteiger partial charge in [-0.25, -0.2) is 0 Å². The molecular formula is C9H15NO4S. The Kier molecular flexibility index (Phi) is 4.90. The fraction of sp³-hybridized carbons (Fsp3) is 0.778. The first-order valence-corrected chi connectivity index (χ1v) is 6.00. The highest BCUT2D eigenvalue weighted by molar-refractivity contribution is 8.00. The number of aliphatic hydroxyl groups excluding tert-OH is 1. The molecule has 1 saturated heterocycles. The molecule has 0 saturated carbocycles. The molecule has 0 aliphatic carbocycles. The highest BCUT2D eigenvalue weighted by Gasteiger charge is 2.27. The third-order valence-corrected chi connectivity index (χ3v) is 3.26. The lowest BCUT2D eigenvalue weighted by molar-refractivity contribution is -0.133. The molecule has 0 aromatic rings. The van der Waals surface area contributed by atoms with Crippen molar-refractivity contribution in [2.75, 3.05) is 24.7 Å². The van der Waals surface area contributed by atoms with E-state index < -0.39 is 5.97 Å². The van der Waals surface area contributed by atoms with Gasteiger partial charge in [0.15, 0.2) is 0 Å². The molecular weight excluding hydrogens is 218 g/mol. The molecule has 1 unspecified atom stereocenters. The number of carbonyl (C=O) groups is 2. The molecule has 15 heavy (non-hydrogen) atoms. The van der Waals surface area contributed by atoms with Gasteiger partial charge in [0.05, 0.1) is 24.2 Å². The minimum Gasteiger partial charge on any atom is -0.481 e. The molecule has 6 heteroatoms. The van der Waals surface area contributed by atoms with Crippen molar-refractivity contribution in [2.24, 2.45) is 0 Å². The van der Waals surface area contributed by atoms with E-state index in [0.717, 1.165) is 24.6 Å². The van der Waals surface area contributed by atoms with Crippen LogP contribution in [-0.2, 0) is 9.59 Å². The van der Waals surface area contributed by atoms with Gasteiger partial charge in [-0.15, -0.1) is 11.8 Å². The van der Waals surface area contributed by atoms with E-state index in [4.69, 9.17) is 10.2 Å². The summed E-state index contributed by atoms with van der Waals surface area (Å²) in [6, 6.07) is -0.0667. The first-order valence-electron chi connectivity index (χ1n) is 4.85. The molecule has 86 valence electrons. The van der Waals surface area contributed by atoms with Crippen LogP contribution < -0.4 is 0 Å². The van der Waals surface area contributed by atoms with Gasteiger partial charge in [-0.2, -0.15) is 0 Å². The summed E-state index contributed by atoms with van der Waals surface area (Å²) in [6.07, 6.45) is 1.76. The van der Waals surface area contributed by atoms with Gasteiger partial charge >= 0.3 is 5.97 Å². The van der Waals surface area contributed by atoms with Crippen LogP contribution in [0.15, 0.2) is 0 Å². The van der Waals surface area contributed by atoms with Crippen LogP contribution in [0.2, 0.25) is 0 Å². The zero-order valence-electron chi connectivity index (χ0n) is 8.39. The van der Waals surface area contributed by atoms with Gasteiger partial charge in [0.25, 0.3) is 0 Å². The molecule has 1 aliphatic rings. The first-order chi connectivity index (χ1) is 7.15. The second-order valence-corrected chi connectivity index (χ2v) is 4.44. The Morgan fingerprint density at radius 3 is 2.73 bits per heavy atom. The molecule has 1 amide bonds. The molecule has 0 spiro atoms. The van der Waals surface area contributed by atoms with Crippen LogP contribution in [0.1, 0.15) is 12.8 Å². The van der Waals surface area contributed by atoms with Gasteiger partial charge in [0.1, 0.15) is 0 Å². The number of nitrogens with zero attached hydrogens (tertiary/aromatic N) is 1. The number of likely N-dealkylation sites (tertiary alicyclic amines) is 1. The molecule has 0 aromatic carbocycles. The lowest BCUT2D eigenvalue weighted by atomic mass is 10.2. The maximum absolute atomic E-state index is 11.6. The third-order valence-electron chi connectivity index (χ3n) is 2.36. The van der Waals surface area contributed by atoms with Crippen LogP contribution >= 0.6 is 11.8 Å². The van der Waals surface area contributed by atoms with Crippen LogP contribution in [0, 0.1) is 0 Å². The van der Waals surface area contributed by atoms with Crippen molar-refractivity contribution in [1.29, 1.82) is 0 Å². The number of aliphatic hydroxyl groups is 1. The molecule has 0 aromatic heterocycles. The van der Waals surface area contributed by atoms with E-state index in [1.54, 1.807) is 4.90 Å². The van der Waals surface area contributed by atoms with Gasteiger partial charge in [-0.3, -0.25) is 9.59 Å². The van der Waals surface area contributed by atoms with E-state index in [1.165, 1.54) is 0 Å². The van der Waals surface area contributed by atoms with Crippen LogP contribution in [0.5, 0.6) is 0 Å². The number of carbonyl (C=O) groups excluding carboxylic acids is 1. The minimum atomic E-state index is -0.909. The zero-order chi connectivity index (χ0) is 11.3. The van der Waals surface area contributed by atoms with Crippen molar-refractivity contribution in [1.82, 2.24) is 4.90 Å². The van der Waals surface area contributed by atoms with Gasteiger partial charge in [0.2, 0.25) is 5.91 Å². The topological polar surface area (TPSA) is 77.8 Å². The van der Waals surface area contributed by atoms with E-state index in [1.807, 2.05) is 0 Å². The number of thioether (sulfide) groups is 1. The number of carboxylic acid groups (broad SMARTS) is 1. The summed E-state index contributed by atoms with van der Waals surface area (Å²) in [5.74, 6) is -0.850. The molecule has 2 N–H and O–H groups in total. The first kappa shape index (κ1) is 12.3. The summed E-state index contributed by atoms with van der Waals surface area (Å²) in [7, 11) is 0. The molecule has 1 heterocycles. The number of hydrogen-bond donors (Lipinski definition) is 2. The normalized spacial score (nSPS) is 20.6. The largest absolute Gasteiger partial charge is 0.481 e. The summed E-state index contributed by atoms with van der Waals surface area (Å²) in [4.78, 5) is 23.5. The van der Waals surface area contributed by atoms with Crippen molar-refractivity contribution < 1.29 is 19.8 Å². The van der Waals surface area contributed by atoms with Crippen molar-refractivity contribution in [3.05, 3.63) is 0 Å². The fourth-order valence-corrected chi connectivity index (χ4v) is 2.28. The lowest BCUT2D eigenvalue weighted by Crippen LogP contribution is -2.38. The summed E-state index contributed by atoms with van der Waals surface area (Å²) < 4.78 is 0. The zero-order valence-corrected chi connectivity index (χ0v) is 9.20. The summed E-state index contributed by atoms with van der Waals surface area (Å²) in [5, 5.41) is 17.4. The van der Waals surface area contributed by atoms with Gasteiger partial charge < -0.3 is 15.1 Å². The minimum absolute atomic E-state index is 0.00463. The van der Waals surface area contributed by atoms with Gasteiger partial charge in [0, 0.05) is 6.54 Å². The molecule has 1 atom stereocenters. The Morgan fingerprint density at radius 1 is 1.40 bits per heavy atom. The van der Waals surface area contributed by atoms with Crippen LogP contribution in [0.25, 0.3) is 0 Å². The summed E-state index contributed by atoms with van der Waals surface area (Å²) >= 11 is 1.10. The Labute approximate surface area is 92.4 Å². The molecule has 0 bridgehead atoms. The number of hydrogen-bond acceptors (Lipinski definition) is 4. The maximum Gasteiger partial charge on any atom is 0.313 e. The average molecular weight is 233 g/mol. The van der Waals surface area contributed by atoms with Crippen molar-refractivity contribution >= 4 is 23.6 Å². The Bertz CT molecular complexity index is 246. The standard InChI is InChI=1S/C9H15NO4S/c11-4-7-2-1-3-10(7)8(12)5-15-6-9(13)14/h7,11H,1-6H2,(H,13,14). The Morgan fingerprint density at radius 2 is 2.13 bits per heavy atom. The third kappa shape index (κ3) is 3.71. The van der Waals surface area contributed by atoms with Crippen LogP contribution in [0.4, 0.5) is 0 Å². The van der Waals surface area contributed by atoms with Crippen LogP contribution in [0.3, 0.4) is 0 Å². The smallest absolute Gasteiger partial charge is 0.313 e. The highest BCUT2D eigenvalue weighted by atomic mass is 32.2. The van der Waals surface area contributed by atoms with E-state index in [-0.39, 0.29) is 30.1 Å². The SMILES string of the molecule is O=C(O)CSCC(=O)N1CCCC1CO. The number of aliphatic carboxylic acids is 1. The predicted molar refractivity (Wildman–Crippen MR) is 56.8 cm³/mol. The molecule has 1 aliphatic heterocycles. The number of carboxylic acids is 1. The number of amides is 1. The lowest BCUT2D eigenvalue weighted by Gasteiger charge is -2.22. The highest BCUT2D eigenvalue weighted by Crippen LogP contribution is 2.17. The van der Waals surface area contributed by atoms with E-state index in [0.29, 0.717) is 6.54 Å². The number of rotatable bonds is 5. The molecule has 1 rings (SSSR count). The van der Waals surface area contributed by atoms with E-state index >= 15 is 0 Å². The van der Waals surface area contributed by atoms with Gasteiger partial charge in [-0.05, 0) is 12.8 Å². The molecule has 5 nitrogen and oxygen atoms in total. The Balaban J connectivity index is 2.29. The second kappa shape index (κ2) is 5.97. The molecule has 1 fully saturated rings. The van der Waals surface area contributed by atoms with E-state index in [2.05, 4.69) is 0 Å². The van der Waals surface area contributed by atoms with Crippen molar-refractivity contribution in [3.8, 4) is 0 Å². The quantitative estimate of drug-likeness (QED) is 0.687. The monoisotopic (exact) mass is 233 g/mol. The van der Waals surface area contributed by atoms with Crippen molar-refractivity contribution in [2.45, 2.75) is 18.9 Å². The average Bonchev–Trinajstić information content (AvgIpc) is 2.64. The second-order valence-electron chi connectivity index (χ2n) is 3.45. The van der Waals surface area contributed by atoms with Crippen molar-refractivity contribution in [3.63, 3.8) is 0 Å². The maximum atomic E-state index is 11.6.